The molecule has 0 rings (SSSR count). The van der Waals surface area contributed by atoms with E-state index in [9.17, 15) is 14.4 Å². The SMILES string of the molecule is CCCCOC(=O)CNC(=O)CNC(=O)C(Br)(Br)Br. The summed E-state index contributed by atoms with van der Waals surface area (Å²) in [4.78, 5) is 33.9. The van der Waals surface area contributed by atoms with Crippen LogP contribution in [0.5, 0.6) is 0 Å². The van der Waals surface area contributed by atoms with Gasteiger partial charge >= 0.3 is 5.97 Å². The number of amides is 2. The Bertz CT molecular complexity index is 331. The van der Waals surface area contributed by atoms with Gasteiger partial charge in [0.15, 0.2) is 0 Å². The lowest BCUT2D eigenvalue weighted by Crippen LogP contribution is -2.42. The average Bonchev–Trinajstić information content (AvgIpc) is 2.32. The number of halogens is 3. The number of esters is 1. The summed E-state index contributed by atoms with van der Waals surface area (Å²) in [5.74, 6) is -1.44. The Morgan fingerprint density at radius 3 is 2.26 bits per heavy atom. The number of rotatable bonds is 7. The molecule has 0 fully saturated rings. The highest BCUT2D eigenvalue weighted by atomic mass is 80.0. The van der Waals surface area contributed by atoms with Crippen LogP contribution < -0.4 is 10.6 Å². The summed E-state index contributed by atoms with van der Waals surface area (Å²) >= 11 is 9.02. The van der Waals surface area contributed by atoms with Gasteiger partial charge in [0, 0.05) is 0 Å². The highest BCUT2D eigenvalue weighted by Gasteiger charge is 2.28. The van der Waals surface area contributed by atoms with Crippen LogP contribution in [0.4, 0.5) is 0 Å². The molecule has 2 amide bonds. The lowest BCUT2D eigenvalue weighted by Gasteiger charge is -2.12. The second-order valence-corrected chi connectivity index (χ2v) is 10.3. The number of carbonyl (C=O) groups excluding carboxylic acids is 3. The van der Waals surface area contributed by atoms with E-state index in [-0.39, 0.29) is 13.1 Å². The Morgan fingerprint density at radius 2 is 1.74 bits per heavy atom. The van der Waals surface area contributed by atoms with E-state index in [4.69, 9.17) is 4.74 Å². The second kappa shape index (κ2) is 9.71. The number of unbranched alkanes of at least 4 members (excludes halogenated alkanes) is 1. The predicted octanol–water partition coefficient (Wildman–Crippen LogP) is 1.40. The van der Waals surface area contributed by atoms with Crippen LogP contribution in [0.15, 0.2) is 0 Å². The summed E-state index contributed by atoms with van der Waals surface area (Å²) in [6.45, 7) is 1.89. The first-order valence-electron chi connectivity index (χ1n) is 5.54. The quantitative estimate of drug-likeness (QED) is 0.337. The lowest BCUT2D eigenvalue weighted by atomic mass is 10.4. The van der Waals surface area contributed by atoms with Crippen molar-refractivity contribution in [1.29, 1.82) is 0 Å². The van der Waals surface area contributed by atoms with Crippen molar-refractivity contribution in [3.05, 3.63) is 0 Å². The van der Waals surface area contributed by atoms with Crippen LogP contribution in [-0.4, -0.2) is 39.6 Å². The number of alkyl halides is 3. The van der Waals surface area contributed by atoms with E-state index in [1.54, 1.807) is 0 Å². The highest BCUT2D eigenvalue weighted by molar-refractivity contribution is 9.40. The molecule has 0 saturated heterocycles. The predicted molar refractivity (Wildman–Crippen MR) is 81.4 cm³/mol. The summed E-state index contributed by atoms with van der Waals surface area (Å²) in [7, 11) is 0. The average molecular weight is 467 g/mol. The molecule has 0 atom stereocenters. The molecule has 0 aliphatic heterocycles. The van der Waals surface area contributed by atoms with Crippen molar-refractivity contribution in [2.45, 2.75) is 21.9 Å². The van der Waals surface area contributed by atoms with Crippen molar-refractivity contribution in [2.75, 3.05) is 19.7 Å². The van der Waals surface area contributed by atoms with E-state index in [1.165, 1.54) is 0 Å². The molecule has 0 bridgehead atoms. The summed E-state index contributed by atoms with van der Waals surface area (Å²) < 4.78 is 3.74. The van der Waals surface area contributed by atoms with Crippen molar-refractivity contribution in [1.82, 2.24) is 10.6 Å². The number of hydrogen-bond acceptors (Lipinski definition) is 4. The van der Waals surface area contributed by atoms with Gasteiger partial charge in [0.25, 0.3) is 5.91 Å². The molecule has 0 unspecified atom stereocenters. The molecule has 0 aliphatic carbocycles. The number of hydrogen-bond donors (Lipinski definition) is 2. The van der Waals surface area contributed by atoms with Crippen molar-refractivity contribution in [3.8, 4) is 0 Å². The number of ether oxygens (including phenoxy) is 1. The third-order valence-corrected chi connectivity index (χ3v) is 2.94. The van der Waals surface area contributed by atoms with Gasteiger partial charge in [-0.1, -0.05) is 13.3 Å². The van der Waals surface area contributed by atoms with E-state index in [2.05, 4.69) is 58.4 Å². The Hall–Kier alpha value is -0.150. The molecule has 0 aromatic heterocycles. The maximum Gasteiger partial charge on any atom is 0.325 e. The molecule has 0 aliphatic rings. The van der Waals surface area contributed by atoms with Crippen LogP contribution in [0.25, 0.3) is 0 Å². The van der Waals surface area contributed by atoms with E-state index in [1.807, 2.05) is 6.92 Å². The largest absolute Gasteiger partial charge is 0.464 e. The van der Waals surface area contributed by atoms with Crippen LogP contribution in [0.1, 0.15) is 19.8 Å². The van der Waals surface area contributed by atoms with E-state index < -0.39 is 19.9 Å². The van der Waals surface area contributed by atoms with Crippen molar-refractivity contribution in [3.63, 3.8) is 0 Å². The molecular formula is C10H15Br3N2O4. The summed E-state index contributed by atoms with van der Waals surface area (Å²) in [6.07, 6.45) is 1.72. The van der Waals surface area contributed by atoms with Gasteiger partial charge in [0.05, 0.1) is 13.2 Å². The van der Waals surface area contributed by atoms with E-state index in [0.717, 1.165) is 12.8 Å². The first-order chi connectivity index (χ1) is 8.77. The minimum atomic E-state index is -1.10. The second-order valence-electron chi connectivity index (χ2n) is 3.53. The van der Waals surface area contributed by atoms with Gasteiger partial charge < -0.3 is 15.4 Å². The van der Waals surface area contributed by atoms with Crippen molar-refractivity contribution >= 4 is 65.6 Å². The molecule has 0 saturated carbocycles. The van der Waals surface area contributed by atoms with Crippen LogP contribution >= 0.6 is 47.8 Å². The molecule has 19 heavy (non-hydrogen) atoms. The summed E-state index contributed by atoms with van der Waals surface area (Å²) in [5.41, 5.74) is 0. The molecule has 0 radical (unpaired) electrons. The minimum absolute atomic E-state index is 0.208. The van der Waals surface area contributed by atoms with Gasteiger partial charge in [0.2, 0.25) is 8.05 Å². The third-order valence-electron chi connectivity index (χ3n) is 1.86. The van der Waals surface area contributed by atoms with Crippen LogP contribution in [0.3, 0.4) is 0 Å². The fourth-order valence-corrected chi connectivity index (χ4v) is 1.30. The first kappa shape index (κ1) is 18.9. The Balaban J connectivity index is 3.76. The zero-order chi connectivity index (χ0) is 14.9. The van der Waals surface area contributed by atoms with E-state index >= 15 is 0 Å². The molecule has 110 valence electrons. The maximum atomic E-state index is 11.4. The van der Waals surface area contributed by atoms with E-state index in [0.29, 0.717) is 6.61 Å². The summed E-state index contributed by atoms with van der Waals surface area (Å²) in [5, 5.41) is 4.70. The molecular weight excluding hydrogens is 452 g/mol. The molecule has 6 nitrogen and oxygen atoms in total. The van der Waals surface area contributed by atoms with Gasteiger partial charge in [0.1, 0.15) is 6.54 Å². The van der Waals surface area contributed by atoms with Gasteiger partial charge in [-0.15, -0.1) is 0 Å². The smallest absolute Gasteiger partial charge is 0.325 e. The topological polar surface area (TPSA) is 84.5 Å². The van der Waals surface area contributed by atoms with Crippen LogP contribution in [0, 0.1) is 0 Å². The zero-order valence-corrected chi connectivity index (χ0v) is 15.1. The molecule has 2 N–H and O–H groups in total. The Kier molecular flexibility index (Phi) is 9.63. The summed E-state index contributed by atoms with van der Waals surface area (Å²) in [6, 6.07) is 0. The fraction of sp³-hybridized carbons (Fsp3) is 0.700. The van der Waals surface area contributed by atoms with Gasteiger partial charge in [-0.25, -0.2) is 0 Å². The lowest BCUT2D eigenvalue weighted by molar-refractivity contribution is -0.144. The normalized spacial score (nSPS) is 10.7. The van der Waals surface area contributed by atoms with Crippen molar-refractivity contribution in [2.24, 2.45) is 0 Å². The monoisotopic (exact) mass is 464 g/mol. The minimum Gasteiger partial charge on any atom is -0.464 e. The Morgan fingerprint density at radius 1 is 1.11 bits per heavy atom. The molecule has 0 aromatic carbocycles. The van der Waals surface area contributed by atoms with Crippen LogP contribution in [0.2, 0.25) is 0 Å². The molecule has 0 heterocycles. The molecule has 0 aromatic rings. The highest BCUT2D eigenvalue weighted by Crippen LogP contribution is 2.33. The van der Waals surface area contributed by atoms with Gasteiger partial charge in [-0.3, -0.25) is 14.4 Å². The van der Waals surface area contributed by atoms with Gasteiger partial charge in [-0.05, 0) is 54.2 Å². The number of nitrogens with one attached hydrogen (secondary N) is 2. The fourth-order valence-electron chi connectivity index (χ4n) is 0.875. The first-order valence-corrected chi connectivity index (χ1v) is 7.92. The van der Waals surface area contributed by atoms with Crippen LogP contribution in [-0.2, 0) is 19.1 Å². The molecule has 0 spiro atoms. The zero-order valence-electron chi connectivity index (χ0n) is 10.3. The van der Waals surface area contributed by atoms with Crippen molar-refractivity contribution < 1.29 is 19.1 Å². The van der Waals surface area contributed by atoms with Gasteiger partial charge in [-0.2, -0.15) is 0 Å². The number of carbonyl (C=O) groups is 3. The molecule has 9 heteroatoms. The Labute approximate surface area is 136 Å². The third kappa shape index (κ3) is 10.3. The maximum absolute atomic E-state index is 11.4. The standard InChI is InChI=1S/C10H15Br3N2O4/c1-2-3-4-19-8(17)6-14-7(16)5-15-9(18)10(11,12)13/h2-6H2,1H3,(H,14,16)(H,15,18).